The molecule has 4 nitrogen and oxygen atoms in total. The van der Waals surface area contributed by atoms with Crippen molar-refractivity contribution < 1.29 is 9.90 Å². The maximum Gasteiger partial charge on any atom is 0.315 e. The predicted molar refractivity (Wildman–Crippen MR) is 47.4 cm³/mol. The summed E-state index contributed by atoms with van der Waals surface area (Å²) < 4.78 is 0. The molecule has 0 spiro atoms. The first kappa shape index (κ1) is 9.64. The van der Waals surface area contributed by atoms with Crippen LogP contribution in [-0.2, 0) is 10.2 Å². The molecular weight excluding hydrogens is 168 g/mol. The second-order valence-corrected chi connectivity index (χ2v) is 3.42. The van der Waals surface area contributed by atoms with Crippen molar-refractivity contribution in [2.45, 2.75) is 26.2 Å². The number of hydrogen-bond acceptors (Lipinski definition) is 3. The Labute approximate surface area is 76.7 Å². The Morgan fingerprint density at radius 1 is 1.54 bits per heavy atom. The molecule has 4 heteroatoms. The SMILES string of the molecule is Cc1nccc(C(C)(C)C(=O)O)n1. The highest BCUT2D eigenvalue weighted by molar-refractivity contribution is 5.79. The molecule has 0 radical (unpaired) electrons. The lowest BCUT2D eigenvalue weighted by Crippen LogP contribution is -2.29. The lowest BCUT2D eigenvalue weighted by atomic mass is 9.89. The molecule has 0 saturated heterocycles. The average Bonchev–Trinajstić information content (AvgIpc) is 2.04. The molecule has 0 aliphatic rings. The van der Waals surface area contributed by atoms with Gasteiger partial charge in [-0.25, -0.2) is 9.97 Å². The maximum absolute atomic E-state index is 10.9. The summed E-state index contributed by atoms with van der Waals surface area (Å²) in [5, 5.41) is 8.93. The zero-order valence-electron chi connectivity index (χ0n) is 7.90. The lowest BCUT2D eigenvalue weighted by Gasteiger charge is -2.17. The van der Waals surface area contributed by atoms with Crippen LogP contribution in [0.15, 0.2) is 12.3 Å². The largest absolute Gasteiger partial charge is 0.481 e. The Morgan fingerprint density at radius 3 is 2.62 bits per heavy atom. The van der Waals surface area contributed by atoms with Crippen LogP contribution in [0, 0.1) is 6.92 Å². The van der Waals surface area contributed by atoms with Crippen molar-refractivity contribution in [2.75, 3.05) is 0 Å². The Morgan fingerprint density at radius 2 is 2.15 bits per heavy atom. The first-order valence-corrected chi connectivity index (χ1v) is 3.98. The van der Waals surface area contributed by atoms with Gasteiger partial charge >= 0.3 is 5.97 Å². The molecule has 0 saturated carbocycles. The molecule has 70 valence electrons. The highest BCUT2D eigenvalue weighted by Gasteiger charge is 2.30. The van der Waals surface area contributed by atoms with Crippen LogP contribution in [-0.4, -0.2) is 21.0 Å². The first-order chi connectivity index (χ1) is 5.94. The normalized spacial score (nSPS) is 11.3. The molecule has 1 heterocycles. The van der Waals surface area contributed by atoms with E-state index in [0.717, 1.165) is 0 Å². The van der Waals surface area contributed by atoms with Gasteiger partial charge in [0, 0.05) is 6.20 Å². The number of hydrogen-bond donors (Lipinski definition) is 1. The monoisotopic (exact) mass is 180 g/mol. The number of nitrogens with zero attached hydrogens (tertiary/aromatic N) is 2. The highest BCUT2D eigenvalue weighted by Crippen LogP contribution is 2.20. The number of carboxylic acid groups (broad SMARTS) is 1. The van der Waals surface area contributed by atoms with Crippen molar-refractivity contribution in [1.82, 2.24) is 9.97 Å². The third kappa shape index (κ3) is 1.83. The quantitative estimate of drug-likeness (QED) is 0.741. The van der Waals surface area contributed by atoms with Crippen molar-refractivity contribution in [3.05, 3.63) is 23.8 Å². The molecule has 0 unspecified atom stereocenters. The summed E-state index contributed by atoms with van der Waals surface area (Å²) in [6.07, 6.45) is 1.57. The van der Waals surface area contributed by atoms with Gasteiger partial charge in [-0.15, -0.1) is 0 Å². The topological polar surface area (TPSA) is 63.1 Å². The number of aliphatic carboxylic acids is 1. The molecule has 0 aliphatic carbocycles. The van der Waals surface area contributed by atoms with E-state index in [1.807, 2.05) is 0 Å². The number of carboxylic acids is 1. The summed E-state index contributed by atoms with van der Waals surface area (Å²) >= 11 is 0. The van der Waals surface area contributed by atoms with E-state index in [4.69, 9.17) is 5.11 Å². The van der Waals surface area contributed by atoms with Crippen LogP contribution in [0.4, 0.5) is 0 Å². The van der Waals surface area contributed by atoms with Crippen LogP contribution in [0.25, 0.3) is 0 Å². The molecule has 0 aromatic carbocycles. The van der Waals surface area contributed by atoms with Gasteiger partial charge in [-0.1, -0.05) is 0 Å². The van der Waals surface area contributed by atoms with Gasteiger partial charge in [0.25, 0.3) is 0 Å². The van der Waals surface area contributed by atoms with E-state index in [-0.39, 0.29) is 0 Å². The molecule has 1 rings (SSSR count). The summed E-state index contributed by atoms with van der Waals surface area (Å²) in [6.45, 7) is 4.98. The van der Waals surface area contributed by atoms with Crippen LogP contribution < -0.4 is 0 Å². The van der Waals surface area contributed by atoms with E-state index in [1.165, 1.54) is 0 Å². The van der Waals surface area contributed by atoms with E-state index >= 15 is 0 Å². The second-order valence-electron chi connectivity index (χ2n) is 3.42. The molecule has 0 atom stereocenters. The van der Waals surface area contributed by atoms with Gasteiger partial charge in [-0.3, -0.25) is 4.79 Å². The first-order valence-electron chi connectivity index (χ1n) is 3.98. The molecule has 1 N–H and O–H groups in total. The van der Waals surface area contributed by atoms with Crippen molar-refractivity contribution in [1.29, 1.82) is 0 Å². The van der Waals surface area contributed by atoms with Gasteiger partial charge in [-0.05, 0) is 26.8 Å². The zero-order chi connectivity index (χ0) is 10.1. The Kier molecular flexibility index (Phi) is 2.32. The maximum atomic E-state index is 10.9. The Bertz CT molecular complexity index is 334. The van der Waals surface area contributed by atoms with E-state index in [2.05, 4.69) is 9.97 Å². The molecule has 0 amide bonds. The van der Waals surface area contributed by atoms with Crippen LogP contribution in [0.5, 0.6) is 0 Å². The molecular formula is C9H12N2O2. The molecule has 1 aromatic heterocycles. The number of carbonyl (C=O) groups is 1. The number of rotatable bonds is 2. The van der Waals surface area contributed by atoms with E-state index in [9.17, 15) is 4.79 Å². The van der Waals surface area contributed by atoms with Crippen molar-refractivity contribution in [3.8, 4) is 0 Å². The smallest absolute Gasteiger partial charge is 0.315 e. The van der Waals surface area contributed by atoms with E-state index in [0.29, 0.717) is 11.5 Å². The standard InChI is InChI=1S/C9H12N2O2/c1-6-10-5-4-7(11-6)9(2,3)8(12)13/h4-5H,1-3H3,(H,12,13). The van der Waals surface area contributed by atoms with Gasteiger partial charge in [0.2, 0.25) is 0 Å². The minimum absolute atomic E-state index is 0.535. The van der Waals surface area contributed by atoms with Gasteiger partial charge in [-0.2, -0.15) is 0 Å². The Balaban J connectivity index is 3.14. The van der Waals surface area contributed by atoms with Crippen LogP contribution in [0.3, 0.4) is 0 Å². The van der Waals surface area contributed by atoms with Crippen molar-refractivity contribution >= 4 is 5.97 Å². The van der Waals surface area contributed by atoms with Gasteiger partial charge in [0.05, 0.1) is 5.69 Å². The molecule has 0 aliphatic heterocycles. The second kappa shape index (κ2) is 3.12. The van der Waals surface area contributed by atoms with Crippen LogP contribution in [0.2, 0.25) is 0 Å². The fourth-order valence-electron chi connectivity index (χ4n) is 0.914. The summed E-state index contributed by atoms with van der Waals surface area (Å²) in [5.74, 6) is -0.294. The lowest BCUT2D eigenvalue weighted by molar-refractivity contribution is -0.142. The van der Waals surface area contributed by atoms with Crippen molar-refractivity contribution in [3.63, 3.8) is 0 Å². The van der Waals surface area contributed by atoms with Gasteiger partial charge in [0.1, 0.15) is 11.2 Å². The van der Waals surface area contributed by atoms with Gasteiger partial charge < -0.3 is 5.11 Å². The summed E-state index contributed by atoms with van der Waals surface area (Å²) in [5.41, 5.74) is -0.416. The molecule has 0 bridgehead atoms. The predicted octanol–water partition coefficient (Wildman–Crippen LogP) is 1.15. The summed E-state index contributed by atoms with van der Waals surface area (Å²) in [4.78, 5) is 18.9. The third-order valence-electron chi connectivity index (χ3n) is 1.95. The molecule has 13 heavy (non-hydrogen) atoms. The van der Waals surface area contributed by atoms with Crippen molar-refractivity contribution in [2.24, 2.45) is 0 Å². The molecule has 0 fully saturated rings. The number of aryl methyl sites for hydroxylation is 1. The third-order valence-corrected chi connectivity index (χ3v) is 1.95. The summed E-state index contributed by atoms with van der Waals surface area (Å²) in [6, 6.07) is 1.63. The summed E-state index contributed by atoms with van der Waals surface area (Å²) in [7, 11) is 0. The fourth-order valence-corrected chi connectivity index (χ4v) is 0.914. The highest BCUT2D eigenvalue weighted by atomic mass is 16.4. The Hall–Kier alpha value is -1.45. The van der Waals surface area contributed by atoms with E-state index in [1.54, 1.807) is 33.0 Å². The van der Waals surface area contributed by atoms with Gasteiger partial charge in [0.15, 0.2) is 0 Å². The zero-order valence-corrected chi connectivity index (χ0v) is 7.90. The minimum Gasteiger partial charge on any atom is -0.481 e. The fraction of sp³-hybridized carbons (Fsp3) is 0.444. The minimum atomic E-state index is -0.951. The van der Waals surface area contributed by atoms with Crippen LogP contribution in [0.1, 0.15) is 25.4 Å². The number of aromatic nitrogens is 2. The average molecular weight is 180 g/mol. The van der Waals surface area contributed by atoms with Crippen LogP contribution >= 0.6 is 0 Å². The molecule has 1 aromatic rings. The van der Waals surface area contributed by atoms with E-state index < -0.39 is 11.4 Å².